The van der Waals surface area contributed by atoms with E-state index in [1.807, 2.05) is 0 Å². The number of hydrogen-bond donors (Lipinski definition) is 0. The van der Waals surface area contributed by atoms with Gasteiger partial charge < -0.3 is 9.47 Å². The van der Waals surface area contributed by atoms with Crippen molar-refractivity contribution < 1.29 is 9.47 Å². The Labute approximate surface area is 75.2 Å². The molecule has 0 bridgehead atoms. The number of methoxy groups -OCH3 is 2. The SMILES string of the molecule is COC(C)C1(C(C)OC)CCC1. The Hall–Kier alpha value is -0.0800. The van der Waals surface area contributed by atoms with Crippen molar-refractivity contribution in [3.8, 4) is 0 Å². The summed E-state index contributed by atoms with van der Waals surface area (Å²) in [6.07, 6.45) is 4.46. The molecule has 2 heteroatoms. The standard InChI is InChI=1S/C10H20O2/c1-8(11-3)10(6-5-7-10)9(2)12-4/h8-9H,5-7H2,1-4H3. The van der Waals surface area contributed by atoms with Crippen molar-refractivity contribution in [2.75, 3.05) is 14.2 Å². The Morgan fingerprint density at radius 1 is 1.00 bits per heavy atom. The number of rotatable bonds is 4. The maximum Gasteiger partial charge on any atom is 0.0624 e. The average Bonchev–Trinajstić information content (AvgIpc) is 2.01. The molecule has 0 aliphatic heterocycles. The Morgan fingerprint density at radius 2 is 1.42 bits per heavy atom. The first kappa shape index (κ1) is 10.0. The van der Waals surface area contributed by atoms with Crippen LogP contribution in [-0.4, -0.2) is 26.4 Å². The monoisotopic (exact) mass is 172 g/mol. The van der Waals surface area contributed by atoms with Gasteiger partial charge in [-0.15, -0.1) is 0 Å². The van der Waals surface area contributed by atoms with Crippen LogP contribution >= 0.6 is 0 Å². The van der Waals surface area contributed by atoms with Gasteiger partial charge in [-0.1, -0.05) is 6.42 Å². The van der Waals surface area contributed by atoms with Crippen molar-refractivity contribution in [2.45, 2.75) is 45.3 Å². The molecule has 0 heterocycles. The molecule has 1 aliphatic rings. The van der Waals surface area contributed by atoms with E-state index < -0.39 is 0 Å². The van der Waals surface area contributed by atoms with Crippen molar-refractivity contribution >= 4 is 0 Å². The Bertz CT molecular complexity index is 129. The highest BCUT2D eigenvalue weighted by Crippen LogP contribution is 2.48. The van der Waals surface area contributed by atoms with Crippen LogP contribution in [0.4, 0.5) is 0 Å². The van der Waals surface area contributed by atoms with Gasteiger partial charge in [-0.05, 0) is 26.7 Å². The van der Waals surface area contributed by atoms with Gasteiger partial charge in [-0.25, -0.2) is 0 Å². The summed E-state index contributed by atoms with van der Waals surface area (Å²) in [6.45, 7) is 4.30. The molecule has 72 valence electrons. The molecule has 0 aromatic rings. The van der Waals surface area contributed by atoms with Crippen molar-refractivity contribution in [1.82, 2.24) is 0 Å². The van der Waals surface area contributed by atoms with Gasteiger partial charge in [0.25, 0.3) is 0 Å². The van der Waals surface area contributed by atoms with Gasteiger partial charge in [0.1, 0.15) is 0 Å². The van der Waals surface area contributed by atoms with Crippen molar-refractivity contribution in [1.29, 1.82) is 0 Å². The molecule has 2 atom stereocenters. The molecule has 2 nitrogen and oxygen atoms in total. The zero-order valence-corrected chi connectivity index (χ0v) is 8.59. The summed E-state index contributed by atoms with van der Waals surface area (Å²) in [6, 6.07) is 0. The maximum atomic E-state index is 5.40. The van der Waals surface area contributed by atoms with Crippen LogP contribution in [0.5, 0.6) is 0 Å². The lowest BCUT2D eigenvalue weighted by atomic mass is 9.62. The molecular formula is C10H20O2. The minimum atomic E-state index is 0.295. The fourth-order valence-corrected chi connectivity index (χ4v) is 2.20. The quantitative estimate of drug-likeness (QED) is 0.647. The van der Waals surface area contributed by atoms with E-state index in [0.29, 0.717) is 17.6 Å². The molecule has 12 heavy (non-hydrogen) atoms. The summed E-state index contributed by atoms with van der Waals surface area (Å²) in [5, 5.41) is 0. The van der Waals surface area contributed by atoms with E-state index in [1.165, 1.54) is 19.3 Å². The summed E-state index contributed by atoms with van der Waals surface area (Å²) in [5.41, 5.74) is 0.295. The zero-order valence-electron chi connectivity index (χ0n) is 8.59. The minimum absolute atomic E-state index is 0.295. The van der Waals surface area contributed by atoms with Crippen LogP contribution in [-0.2, 0) is 9.47 Å². The van der Waals surface area contributed by atoms with Gasteiger partial charge in [-0.2, -0.15) is 0 Å². The third-order valence-corrected chi connectivity index (χ3v) is 3.61. The highest BCUT2D eigenvalue weighted by atomic mass is 16.5. The van der Waals surface area contributed by atoms with Gasteiger partial charge in [0.2, 0.25) is 0 Å². The largest absolute Gasteiger partial charge is 0.381 e. The second kappa shape index (κ2) is 3.75. The normalized spacial score (nSPS) is 26.0. The third-order valence-electron chi connectivity index (χ3n) is 3.61. The van der Waals surface area contributed by atoms with Crippen molar-refractivity contribution in [3.63, 3.8) is 0 Å². The highest BCUT2D eigenvalue weighted by Gasteiger charge is 2.46. The molecule has 0 aromatic carbocycles. The Kier molecular flexibility index (Phi) is 3.13. The van der Waals surface area contributed by atoms with E-state index in [4.69, 9.17) is 9.47 Å². The van der Waals surface area contributed by atoms with E-state index in [1.54, 1.807) is 14.2 Å². The van der Waals surface area contributed by atoms with E-state index >= 15 is 0 Å². The first-order valence-corrected chi connectivity index (χ1v) is 4.73. The minimum Gasteiger partial charge on any atom is -0.381 e. The molecule has 0 N–H and O–H groups in total. The fraction of sp³-hybridized carbons (Fsp3) is 1.00. The summed E-state index contributed by atoms with van der Waals surface area (Å²) in [4.78, 5) is 0. The van der Waals surface area contributed by atoms with Gasteiger partial charge in [0.15, 0.2) is 0 Å². The van der Waals surface area contributed by atoms with E-state index in [0.717, 1.165) is 0 Å². The molecule has 1 aliphatic carbocycles. The predicted octanol–water partition coefficient (Wildman–Crippen LogP) is 2.23. The first-order chi connectivity index (χ1) is 5.67. The van der Waals surface area contributed by atoms with Crippen LogP contribution < -0.4 is 0 Å². The molecule has 0 radical (unpaired) electrons. The molecule has 0 aromatic heterocycles. The van der Waals surface area contributed by atoms with Crippen molar-refractivity contribution in [2.24, 2.45) is 5.41 Å². The first-order valence-electron chi connectivity index (χ1n) is 4.73. The maximum absolute atomic E-state index is 5.40. The average molecular weight is 172 g/mol. The summed E-state index contributed by atoms with van der Waals surface area (Å²) in [7, 11) is 3.57. The molecular weight excluding hydrogens is 152 g/mol. The summed E-state index contributed by atoms with van der Waals surface area (Å²) < 4.78 is 10.8. The van der Waals surface area contributed by atoms with Crippen LogP contribution in [0.15, 0.2) is 0 Å². The molecule has 2 unspecified atom stereocenters. The molecule has 0 saturated heterocycles. The van der Waals surface area contributed by atoms with E-state index in [2.05, 4.69) is 13.8 Å². The van der Waals surface area contributed by atoms with Crippen LogP contribution in [0.2, 0.25) is 0 Å². The zero-order chi connectivity index (χ0) is 9.19. The number of ether oxygens (including phenoxy) is 2. The lowest BCUT2D eigenvalue weighted by molar-refractivity contribution is -0.131. The van der Waals surface area contributed by atoms with E-state index in [9.17, 15) is 0 Å². The van der Waals surface area contributed by atoms with Gasteiger partial charge in [-0.3, -0.25) is 0 Å². The summed E-state index contributed by atoms with van der Waals surface area (Å²) >= 11 is 0. The van der Waals surface area contributed by atoms with Crippen LogP contribution in [0, 0.1) is 5.41 Å². The third kappa shape index (κ3) is 1.38. The molecule has 1 rings (SSSR count). The van der Waals surface area contributed by atoms with Crippen LogP contribution in [0.25, 0.3) is 0 Å². The van der Waals surface area contributed by atoms with Crippen molar-refractivity contribution in [3.05, 3.63) is 0 Å². The molecule has 1 fully saturated rings. The molecule has 1 saturated carbocycles. The van der Waals surface area contributed by atoms with Crippen LogP contribution in [0.1, 0.15) is 33.1 Å². The lowest BCUT2D eigenvalue weighted by Crippen LogP contribution is -2.49. The number of hydrogen-bond acceptors (Lipinski definition) is 2. The molecule has 0 amide bonds. The smallest absolute Gasteiger partial charge is 0.0624 e. The second-order valence-corrected chi connectivity index (χ2v) is 3.84. The highest BCUT2D eigenvalue weighted by molar-refractivity contribution is 4.96. The van der Waals surface area contributed by atoms with Gasteiger partial charge in [0, 0.05) is 19.6 Å². The van der Waals surface area contributed by atoms with Crippen LogP contribution in [0.3, 0.4) is 0 Å². The van der Waals surface area contributed by atoms with Gasteiger partial charge in [0.05, 0.1) is 12.2 Å². The second-order valence-electron chi connectivity index (χ2n) is 3.84. The molecule has 0 spiro atoms. The Balaban J connectivity index is 2.61. The fourth-order valence-electron chi connectivity index (χ4n) is 2.20. The lowest BCUT2D eigenvalue weighted by Gasteiger charge is -2.49. The Morgan fingerprint density at radius 3 is 1.58 bits per heavy atom. The predicted molar refractivity (Wildman–Crippen MR) is 49.2 cm³/mol. The summed E-state index contributed by atoms with van der Waals surface area (Å²) in [5.74, 6) is 0. The van der Waals surface area contributed by atoms with Gasteiger partial charge >= 0.3 is 0 Å². The van der Waals surface area contributed by atoms with E-state index in [-0.39, 0.29) is 0 Å². The topological polar surface area (TPSA) is 18.5 Å².